The quantitative estimate of drug-likeness (QED) is 0.0579. The molecule has 2 bridgehead atoms. The Hall–Kier alpha value is -3.91. The molecule has 3 saturated carbocycles. The van der Waals surface area contributed by atoms with Crippen molar-refractivity contribution < 1.29 is 23.9 Å². The zero-order valence-corrected chi connectivity index (χ0v) is 27.2. The predicted molar refractivity (Wildman–Crippen MR) is 177 cm³/mol. The molecule has 13 nitrogen and oxygen atoms in total. The molecule has 0 aromatic heterocycles. The number of nitrogens with one attached hydrogen (secondary N) is 4. The third-order valence-corrected chi connectivity index (χ3v) is 10.1. The Balaban J connectivity index is 1.28. The van der Waals surface area contributed by atoms with Gasteiger partial charge >= 0.3 is 13.1 Å². The molecule has 6 rings (SSSR count). The highest BCUT2D eigenvalue weighted by Crippen LogP contribution is 2.65. The molecule has 4 aliphatic rings. The third-order valence-electron chi connectivity index (χ3n) is 10.1. The molecule has 0 radical (unpaired) electrons. The normalized spacial score (nSPS) is 26.1. The summed E-state index contributed by atoms with van der Waals surface area (Å²) in [5.74, 6) is 0.0828. The maximum Gasteiger partial charge on any atom is 0.481 e. The molecule has 6 atom stereocenters. The summed E-state index contributed by atoms with van der Waals surface area (Å²) in [7, 11) is -0.610. The van der Waals surface area contributed by atoms with Gasteiger partial charge in [-0.1, -0.05) is 63.5 Å². The lowest BCUT2D eigenvalue weighted by Gasteiger charge is -2.64. The second kappa shape index (κ2) is 13.4. The summed E-state index contributed by atoms with van der Waals surface area (Å²) in [5, 5.41) is 20.6. The summed E-state index contributed by atoms with van der Waals surface area (Å²) in [4.78, 5) is 41.6. The lowest BCUT2D eigenvalue weighted by atomic mass is 9.43. The van der Waals surface area contributed by atoms with E-state index in [4.69, 9.17) is 15.0 Å². The van der Waals surface area contributed by atoms with E-state index in [1.54, 1.807) is 11.5 Å². The number of hydrogen-bond donors (Lipinski definition) is 5. The van der Waals surface area contributed by atoms with E-state index in [9.17, 15) is 19.7 Å². The molecule has 46 heavy (non-hydrogen) atoms. The van der Waals surface area contributed by atoms with Gasteiger partial charge in [-0.2, -0.15) is 0 Å². The van der Waals surface area contributed by atoms with Crippen LogP contribution in [0.5, 0.6) is 0 Å². The highest BCUT2D eigenvalue weighted by Gasteiger charge is 2.68. The highest BCUT2D eigenvalue weighted by atomic mass is 16.7. The fourth-order valence-electron chi connectivity index (χ4n) is 7.59. The van der Waals surface area contributed by atoms with E-state index in [-0.39, 0.29) is 42.3 Å². The molecule has 6 N–H and O–H groups in total. The van der Waals surface area contributed by atoms with Crippen molar-refractivity contribution in [3.8, 4) is 0 Å². The van der Waals surface area contributed by atoms with Crippen LogP contribution in [0.4, 0.5) is 10.5 Å². The molecule has 1 heterocycles. The highest BCUT2D eigenvalue weighted by molar-refractivity contribution is 6.48. The Kier molecular flexibility index (Phi) is 9.78. The van der Waals surface area contributed by atoms with Crippen LogP contribution in [0.1, 0.15) is 66.7 Å². The minimum Gasteiger partial charge on any atom is -0.404 e. The predicted octanol–water partition coefficient (Wildman–Crippen LogP) is 4.00. The van der Waals surface area contributed by atoms with E-state index in [0.29, 0.717) is 30.4 Å². The van der Waals surface area contributed by atoms with Crippen LogP contribution in [0, 0.1) is 33.3 Å². The largest absolute Gasteiger partial charge is 0.481 e. The second-order valence-corrected chi connectivity index (χ2v) is 14.1. The van der Waals surface area contributed by atoms with Gasteiger partial charge in [-0.25, -0.2) is 19.9 Å². The van der Waals surface area contributed by atoms with Gasteiger partial charge in [-0.3, -0.25) is 4.79 Å². The maximum absolute atomic E-state index is 13.9. The van der Waals surface area contributed by atoms with Crippen molar-refractivity contribution in [2.75, 3.05) is 11.9 Å². The Labute approximate surface area is 270 Å². The Morgan fingerprint density at radius 3 is 2.57 bits per heavy atom. The van der Waals surface area contributed by atoms with Crippen LogP contribution in [0.2, 0.25) is 0 Å². The molecule has 4 fully saturated rings. The standard InChI is InChI=1S/C32H46BN7O6/c1-19(2)15-27(33-45-26-18-22-17-25(31(22,3)4)32(26,5)46-33)38-28(41)24(11-8-14-35-29(34)39-40(43)44)37-30(42)36-23-13-12-20-9-6-7-10-21(20)16-23/h6-7,9-10,12-13,16,19,22,24-27H,8,11,14-15,17-18H2,1-5H3,(H,38,41)(H3,34,35,39)(H2,36,37,42)/t22-,24+,25-,26-,27+,32+/m1/s1. The number of urea groups is 1. The van der Waals surface area contributed by atoms with Crippen LogP contribution in [-0.2, 0) is 14.1 Å². The Bertz CT molecular complexity index is 1490. The molecular formula is C32H46BN7O6. The first kappa shape index (κ1) is 33.5. The topological polar surface area (TPSA) is 182 Å². The van der Waals surface area contributed by atoms with Gasteiger partial charge in [0.1, 0.15) is 6.04 Å². The zero-order chi connectivity index (χ0) is 33.2. The SMILES string of the molecule is CC(C)C[C@H](NC(=O)[C@H](CCCN=C(N)N[N+](=O)[O-])NC(=O)Nc1ccc2ccccc2c1)B1O[C@@H]2C[C@H]3C[C@H](C3(C)C)[C@]2(C)O1. The van der Waals surface area contributed by atoms with Gasteiger partial charge in [0, 0.05) is 12.2 Å². The number of nitrogens with two attached hydrogens (primary N) is 1. The number of nitro groups is 1. The fourth-order valence-corrected chi connectivity index (χ4v) is 7.59. The third kappa shape index (κ3) is 7.23. The van der Waals surface area contributed by atoms with Crippen molar-refractivity contribution in [3.63, 3.8) is 0 Å². The number of rotatable bonds is 12. The smallest absolute Gasteiger partial charge is 0.404 e. The van der Waals surface area contributed by atoms with Crippen LogP contribution in [0.3, 0.4) is 0 Å². The number of anilines is 1. The number of fused-ring (bicyclic) bond motifs is 1. The van der Waals surface area contributed by atoms with Gasteiger partial charge in [0.25, 0.3) is 5.96 Å². The van der Waals surface area contributed by atoms with Gasteiger partial charge in [0.15, 0.2) is 5.03 Å². The molecule has 2 aromatic carbocycles. The zero-order valence-electron chi connectivity index (χ0n) is 27.2. The van der Waals surface area contributed by atoms with Crippen molar-refractivity contribution >= 4 is 41.5 Å². The number of aliphatic imine (C=N–C) groups is 1. The molecule has 0 spiro atoms. The number of carbonyl (C=O) groups is 2. The summed E-state index contributed by atoms with van der Waals surface area (Å²) in [6, 6.07) is 11.9. The summed E-state index contributed by atoms with van der Waals surface area (Å²) >= 11 is 0. The molecule has 248 valence electrons. The minimum absolute atomic E-state index is 0.0291. The van der Waals surface area contributed by atoms with Crippen LogP contribution >= 0.6 is 0 Å². The summed E-state index contributed by atoms with van der Waals surface area (Å²) in [6.07, 6.45) is 3.20. The van der Waals surface area contributed by atoms with E-state index in [1.807, 2.05) is 36.4 Å². The van der Waals surface area contributed by atoms with Crippen LogP contribution in [0.15, 0.2) is 47.5 Å². The van der Waals surface area contributed by atoms with Crippen molar-refractivity contribution in [2.45, 2.75) is 90.4 Å². The molecule has 14 heteroatoms. The Morgan fingerprint density at radius 2 is 1.87 bits per heavy atom. The number of nitrogens with zero attached hydrogens (tertiary/aromatic N) is 2. The first-order valence-corrected chi connectivity index (χ1v) is 16.2. The lowest BCUT2D eigenvalue weighted by Crippen LogP contribution is -2.65. The second-order valence-electron chi connectivity index (χ2n) is 14.1. The monoisotopic (exact) mass is 635 g/mol. The van der Waals surface area contributed by atoms with Crippen LogP contribution in [-0.4, -0.2) is 60.3 Å². The van der Waals surface area contributed by atoms with Gasteiger partial charge < -0.3 is 31.0 Å². The van der Waals surface area contributed by atoms with Gasteiger partial charge in [-0.15, -0.1) is 0 Å². The van der Waals surface area contributed by atoms with Gasteiger partial charge in [0.05, 0.1) is 17.6 Å². The molecule has 3 aliphatic carbocycles. The molecule has 2 aromatic rings. The number of amides is 3. The Morgan fingerprint density at radius 1 is 1.13 bits per heavy atom. The minimum atomic E-state index is -0.930. The molecule has 1 saturated heterocycles. The summed E-state index contributed by atoms with van der Waals surface area (Å²) in [6.45, 7) is 11.0. The molecule has 1 aliphatic heterocycles. The van der Waals surface area contributed by atoms with E-state index in [0.717, 1.165) is 23.6 Å². The number of guanidine groups is 1. The number of hydrogen-bond acceptors (Lipinski definition) is 7. The number of carbonyl (C=O) groups excluding carboxylic acids is 2. The molecule has 0 unspecified atom stereocenters. The van der Waals surface area contributed by atoms with Crippen molar-refractivity contribution in [3.05, 3.63) is 52.6 Å². The lowest BCUT2D eigenvalue weighted by molar-refractivity contribution is -0.525. The van der Waals surface area contributed by atoms with E-state index in [2.05, 4.69) is 55.6 Å². The maximum atomic E-state index is 13.9. The first-order chi connectivity index (χ1) is 21.8. The van der Waals surface area contributed by atoms with E-state index in [1.165, 1.54) is 0 Å². The van der Waals surface area contributed by atoms with E-state index < -0.39 is 35.8 Å². The van der Waals surface area contributed by atoms with Crippen molar-refractivity contribution in [1.82, 2.24) is 16.1 Å². The van der Waals surface area contributed by atoms with Crippen molar-refractivity contribution in [1.29, 1.82) is 0 Å². The van der Waals surface area contributed by atoms with Crippen LogP contribution < -0.4 is 27.1 Å². The number of hydrazine groups is 1. The average molecular weight is 636 g/mol. The van der Waals surface area contributed by atoms with Crippen molar-refractivity contribution in [2.24, 2.45) is 33.9 Å². The summed E-state index contributed by atoms with van der Waals surface area (Å²) in [5.41, 5.74) is 7.69. The van der Waals surface area contributed by atoms with Gasteiger partial charge in [0.2, 0.25) is 5.91 Å². The first-order valence-electron chi connectivity index (χ1n) is 16.2. The fraction of sp³-hybridized carbons (Fsp3) is 0.594. The molecule has 3 amide bonds. The van der Waals surface area contributed by atoms with Gasteiger partial charge in [-0.05, 0) is 85.1 Å². The average Bonchev–Trinajstić information content (AvgIpc) is 3.35. The molecular weight excluding hydrogens is 589 g/mol. The van der Waals surface area contributed by atoms with Crippen LogP contribution in [0.25, 0.3) is 10.8 Å². The van der Waals surface area contributed by atoms with E-state index >= 15 is 0 Å². The number of benzene rings is 2. The summed E-state index contributed by atoms with van der Waals surface area (Å²) < 4.78 is 13.2.